The van der Waals surface area contributed by atoms with Crippen LogP contribution in [0.25, 0.3) is 0 Å². The Kier molecular flexibility index (Phi) is 5.52. The van der Waals surface area contributed by atoms with E-state index in [1.807, 2.05) is 50.2 Å². The minimum Gasteiger partial charge on any atom is -0.492 e. The van der Waals surface area contributed by atoms with Crippen molar-refractivity contribution in [3.63, 3.8) is 0 Å². The average Bonchev–Trinajstić information content (AvgIpc) is 3.08. The molecule has 2 heterocycles. The summed E-state index contributed by atoms with van der Waals surface area (Å²) in [5, 5.41) is 11.9. The monoisotopic (exact) mass is 408 g/mol. The summed E-state index contributed by atoms with van der Waals surface area (Å²) in [6.07, 6.45) is 2.06. The molecular formula is C24H28N2O4. The zero-order chi connectivity index (χ0) is 21.3. The molecule has 1 amide bonds. The predicted octanol–water partition coefficient (Wildman–Crippen LogP) is 3.76. The van der Waals surface area contributed by atoms with E-state index in [-0.39, 0.29) is 17.7 Å². The van der Waals surface area contributed by atoms with Gasteiger partial charge in [0.2, 0.25) is 0 Å². The van der Waals surface area contributed by atoms with E-state index in [4.69, 9.17) is 9.84 Å². The van der Waals surface area contributed by atoms with Crippen LogP contribution in [0.3, 0.4) is 0 Å². The minimum atomic E-state index is -0.753. The van der Waals surface area contributed by atoms with E-state index in [1.165, 1.54) is 5.56 Å². The van der Waals surface area contributed by atoms with Crippen LogP contribution in [0.5, 0.6) is 5.75 Å². The molecule has 2 aliphatic heterocycles. The molecule has 1 spiro atoms. The van der Waals surface area contributed by atoms with Crippen molar-refractivity contribution >= 4 is 17.6 Å². The standard InChI is InChI=1S/C24H28N2O4/c1-16-4-3-5-17(2)22(16)25-23(29)18-6-7-19-20(14-18)30-15-24(19)9-12-26(13-10-24)11-8-21(27)28/h3-7,14H,8-13,15H2,1-2H3,(H,25,29)(H,27,28). The lowest BCUT2D eigenvalue weighted by Crippen LogP contribution is -2.44. The summed E-state index contributed by atoms with van der Waals surface area (Å²) in [4.78, 5) is 25.9. The Morgan fingerprint density at radius 1 is 1.13 bits per heavy atom. The molecule has 6 heteroatoms. The molecule has 0 bridgehead atoms. The fraction of sp³-hybridized carbons (Fsp3) is 0.417. The van der Waals surface area contributed by atoms with Crippen LogP contribution in [0, 0.1) is 13.8 Å². The molecule has 2 aliphatic rings. The molecule has 158 valence electrons. The van der Waals surface area contributed by atoms with Gasteiger partial charge in [0.05, 0.1) is 13.0 Å². The number of aliphatic carboxylic acids is 1. The molecule has 1 fully saturated rings. The number of amides is 1. The number of para-hydroxylation sites is 1. The Bertz CT molecular complexity index is 957. The number of ether oxygens (including phenoxy) is 1. The molecular weight excluding hydrogens is 380 g/mol. The molecule has 0 aliphatic carbocycles. The maximum absolute atomic E-state index is 12.8. The highest BCUT2D eigenvalue weighted by Crippen LogP contribution is 2.45. The smallest absolute Gasteiger partial charge is 0.304 e. The fourth-order valence-electron chi connectivity index (χ4n) is 4.58. The van der Waals surface area contributed by atoms with Crippen molar-refractivity contribution in [3.8, 4) is 5.75 Å². The molecule has 2 N–H and O–H groups in total. The van der Waals surface area contributed by atoms with Crippen LogP contribution in [0.4, 0.5) is 5.69 Å². The van der Waals surface area contributed by atoms with Crippen molar-refractivity contribution in [2.45, 2.75) is 38.5 Å². The van der Waals surface area contributed by atoms with Crippen molar-refractivity contribution in [1.82, 2.24) is 4.90 Å². The molecule has 0 unspecified atom stereocenters. The van der Waals surface area contributed by atoms with E-state index in [2.05, 4.69) is 10.2 Å². The number of carbonyl (C=O) groups excluding carboxylic acids is 1. The first-order valence-corrected chi connectivity index (χ1v) is 10.5. The highest BCUT2D eigenvalue weighted by Gasteiger charge is 2.43. The van der Waals surface area contributed by atoms with Gasteiger partial charge in [0.15, 0.2) is 0 Å². The van der Waals surface area contributed by atoms with Crippen molar-refractivity contribution < 1.29 is 19.4 Å². The number of carbonyl (C=O) groups is 2. The first-order chi connectivity index (χ1) is 14.4. The molecule has 6 nitrogen and oxygen atoms in total. The number of anilines is 1. The third-order valence-electron chi connectivity index (χ3n) is 6.49. The second-order valence-corrected chi connectivity index (χ2v) is 8.49. The number of hydrogen-bond acceptors (Lipinski definition) is 4. The predicted molar refractivity (Wildman–Crippen MR) is 115 cm³/mol. The summed E-state index contributed by atoms with van der Waals surface area (Å²) in [7, 11) is 0. The molecule has 4 rings (SSSR count). The van der Waals surface area contributed by atoms with Crippen LogP contribution in [0.2, 0.25) is 0 Å². The number of likely N-dealkylation sites (tertiary alicyclic amines) is 1. The first-order valence-electron chi connectivity index (χ1n) is 10.5. The summed E-state index contributed by atoms with van der Waals surface area (Å²) in [6.45, 7) is 6.92. The van der Waals surface area contributed by atoms with Crippen molar-refractivity contribution in [3.05, 3.63) is 58.7 Å². The Hall–Kier alpha value is -2.86. The summed E-state index contributed by atoms with van der Waals surface area (Å²) in [5.41, 5.74) is 4.66. The van der Waals surface area contributed by atoms with Gasteiger partial charge in [-0.3, -0.25) is 9.59 Å². The zero-order valence-electron chi connectivity index (χ0n) is 17.5. The second-order valence-electron chi connectivity index (χ2n) is 8.49. The molecule has 0 atom stereocenters. The Morgan fingerprint density at radius 2 is 1.83 bits per heavy atom. The lowest BCUT2D eigenvalue weighted by atomic mass is 9.74. The van der Waals surface area contributed by atoms with Crippen LogP contribution >= 0.6 is 0 Å². The quantitative estimate of drug-likeness (QED) is 0.788. The topological polar surface area (TPSA) is 78.9 Å². The van der Waals surface area contributed by atoms with Gasteiger partial charge in [-0.2, -0.15) is 0 Å². The van der Waals surface area contributed by atoms with Gasteiger partial charge in [-0.05, 0) is 63.0 Å². The maximum Gasteiger partial charge on any atom is 0.304 e. The van der Waals surface area contributed by atoms with Gasteiger partial charge >= 0.3 is 5.97 Å². The number of carboxylic acid groups (broad SMARTS) is 1. The maximum atomic E-state index is 12.8. The third kappa shape index (κ3) is 3.92. The van der Waals surface area contributed by atoms with E-state index in [0.717, 1.165) is 48.5 Å². The molecule has 2 aromatic rings. The number of fused-ring (bicyclic) bond motifs is 2. The number of rotatable bonds is 5. The SMILES string of the molecule is Cc1cccc(C)c1NC(=O)c1ccc2c(c1)OCC21CCN(CCC(=O)O)CC1. The number of aryl methyl sites for hydroxylation is 2. The molecule has 2 aromatic carbocycles. The van der Waals surface area contributed by atoms with E-state index < -0.39 is 5.97 Å². The van der Waals surface area contributed by atoms with Crippen molar-refractivity contribution in [1.29, 1.82) is 0 Å². The fourth-order valence-corrected chi connectivity index (χ4v) is 4.58. The van der Waals surface area contributed by atoms with Crippen LogP contribution in [-0.4, -0.2) is 48.1 Å². The Balaban J connectivity index is 1.46. The Morgan fingerprint density at radius 3 is 2.50 bits per heavy atom. The van der Waals surface area contributed by atoms with Crippen molar-refractivity contribution in [2.24, 2.45) is 0 Å². The van der Waals surface area contributed by atoms with E-state index in [0.29, 0.717) is 18.7 Å². The number of piperidine rings is 1. The number of benzene rings is 2. The molecule has 30 heavy (non-hydrogen) atoms. The summed E-state index contributed by atoms with van der Waals surface area (Å²) >= 11 is 0. The van der Waals surface area contributed by atoms with E-state index in [1.54, 1.807) is 0 Å². The van der Waals surface area contributed by atoms with Gasteiger partial charge in [-0.15, -0.1) is 0 Å². The van der Waals surface area contributed by atoms with Crippen LogP contribution in [0.1, 0.15) is 46.3 Å². The van der Waals surface area contributed by atoms with E-state index in [9.17, 15) is 9.59 Å². The normalized spacial score (nSPS) is 17.4. The molecule has 0 radical (unpaired) electrons. The number of hydrogen-bond donors (Lipinski definition) is 2. The highest BCUT2D eigenvalue weighted by atomic mass is 16.5. The second kappa shape index (κ2) is 8.11. The van der Waals surface area contributed by atoms with Gasteiger partial charge in [0.25, 0.3) is 5.91 Å². The minimum absolute atomic E-state index is 0.0311. The van der Waals surface area contributed by atoms with E-state index >= 15 is 0 Å². The summed E-state index contributed by atoms with van der Waals surface area (Å²) < 4.78 is 6.02. The van der Waals surface area contributed by atoms with Crippen LogP contribution < -0.4 is 10.1 Å². The number of nitrogens with one attached hydrogen (secondary N) is 1. The summed E-state index contributed by atoms with van der Waals surface area (Å²) in [5.74, 6) is -0.0945. The van der Waals surface area contributed by atoms with Gasteiger partial charge in [0, 0.05) is 28.8 Å². The zero-order valence-corrected chi connectivity index (χ0v) is 17.5. The first kappa shape index (κ1) is 20.4. The highest BCUT2D eigenvalue weighted by molar-refractivity contribution is 6.05. The molecule has 0 aromatic heterocycles. The van der Waals surface area contributed by atoms with Crippen molar-refractivity contribution in [2.75, 3.05) is 31.6 Å². The van der Waals surface area contributed by atoms with Gasteiger partial charge in [0.1, 0.15) is 5.75 Å². The lowest BCUT2D eigenvalue weighted by Gasteiger charge is -2.38. The number of nitrogens with zero attached hydrogens (tertiary/aromatic N) is 1. The third-order valence-corrected chi connectivity index (χ3v) is 6.49. The Labute approximate surface area is 176 Å². The lowest BCUT2D eigenvalue weighted by molar-refractivity contribution is -0.137. The number of carboxylic acids is 1. The average molecular weight is 408 g/mol. The van der Waals surface area contributed by atoms with Crippen LogP contribution in [0.15, 0.2) is 36.4 Å². The van der Waals surface area contributed by atoms with Gasteiger partial charge < -0.3 is 20.1 Å². The molecule has 0 saturated carbocycles. The van der Waals surface area contributed by atoms with Gasteiger partial charge in [-0.25, -0.2) is 0 Å². The summed E-state index contributed by atoms with van der Waals surface area (Å²) in [6, 6.07) is 11.7. The largest absolute Gasteiger partial charge is 0.492 e. The molecule has 1 saturated heterocycles. The van der Waals surface area contributed by atoms with Crippen LogP contribution in [-0.2, 0) is 10.2 Å². The van der Waals surface area contributed by atoms with Gasteiger partial charge in [-0.1, -0.05) is 24.3 Å².